The summed E-state index contributed by atoms with van der Waals surface area (Å²) in [6, 6.07) is 13.4. The van der Waals surface area contributed by atoms with Crippen molar-refractivity contribution in [2.24, 2.45) is 11.8 Å². The number of halogens is 4. The first-order valence-corrected chi connectivity index (χ1v) is 12.9. The summed E-state index contributed by atoms with van der Waals surface area (Å²) in [5, 5.41) is 10.5. The van der Waals surface area contributed by atoms with Crippen LogP contribution in [-0.4, -0.2) is 61.5 Å². The number of ether oxygens (including phenoxy) is 2. The third-order valence-electron chi connectivity index (χ3n) is 7.62. The number of nitrogens with one attached hydrogen (secondary N) is 1. The summed E-state index contributed by atoms with van der Waals surface area (Å²) in [7, 11) is 1.60. The predicted molar refractivity (Wildman–Crippen MR) is 134 cm³/mol. The zero-order valence-electron chi connectivity index (χ0n) is 21.5. The first-order valence-electron chi connectivity index (χ1n) is 12.9. The summed E-state index contributed by atoms with van der Waals surface area (Å²) in [5.41, 5.74) is 3.22. The number of hydrogen-bond donors (Lipinski definition) is 2. The molecule has 2 aromatic carbocycles. The van der Waals surface area contributed by atoms with Gasteiger partial charge in [-0.15, -0.1) is 0 Å². The van der Waals surface area contributed by atoms with Gasteiger partial charge in [0, 0.05) is 56.7 Å². The molecule has 2 saturated heterocycles. The molecule has 1 amide bonds. The van der Waals surface area contributed by atoms with E-state index >= 15 is 0 Å². The fourth-order valence-electron chi connectivity index (χ4n) is 5.74. The summed E-state index contributed by atoms with van der Waals surface area (Å²) in [6.07, 6.45) is -2.60. The molecule has 212 valence electrons. The number of carboxylic acid groups (broad SMARTS) is 1. The van der Waals surface area contributed by atoms with Crippen LogP contribution < -0.4 is 10.1 Å². The second-order valence-electron chi connectivity index (χ2n) is 10.2. The Labute approximate surface area is 224 Å². The van der Waals surface area contributed by atoms with Gasteiger partial charge < -0.3 is 19.9 Å². The van der Waals surface area contributed by atoms with Crippen molar-refractivity contribution in [2.75, 3.05) is 33.4 Å². The monoisotopic (exact) mass is 552 g/mol. The Hall–Kier alpha value is -3.18. The minimum absolute atomic E-state index is 0.0173. The van der Waals surface area contributed by atoms with E-state index in [2.05, 4.69) is 34.5 Å². The molecule has 0 bridgehead atoms. The maximum Gasteiger partial charge on any atom is 0.490 e. The molecule has 2 heterocycles. The Morgan fingerprint density at radius 1 is 1.10 bits per heavy atom. The largest absolute Gasteiger partial charge is 0.497 e. The fourth-order valence-corrected chi connectivity index (χ4v) is 5.74. The molecule has 39 heavy (non-hydrogen) atoms. The molecule has 0 unspecified atom stereocenters. The minimum atomic E-state index is -5.08. The number of aliphatic carboxylic acids is 1. The van der Waals surface area contributed by atoms with Gasteiger partial charge in [0.25, 0.3) is 0 Å². The summed E-state index contributed by atoms with van der Waals surface area (Å²) in [6.45, 7) is 3.75. The number of likely N-dealkylation sites (tertiary alicyclic amines) is 1. The van der Waals surface area contributed by atoms with Crippen LogP contribution in [0.1, 0.15) is 47.9 Å². The lowest BCUT2D eigenvalue weighted by atomic mass is 9.93. The summed E-state index contributed by atoms with van der Waals surface area (Å²) in [5.74, 6) is -1.09. The molecule has 2 aliphatic heterocycles. The summed E-state index contributed by atoms with van der Waals surface area (Å²) < 4.78 is 56.9. The number of nitrogens with zero attached hydrogens (tertiary/aromatic N) is 1. The van der Waals surface area contributed by atoms with E-state index in [4.69, 9.17) is 19.4 Å². The van der Waals surface area contributed by atoms with Crippen LogP contribution in [0.3, 0.4) is 0 Å². The maximum atomic E-state index is 14.4. The first-order chi connectivity index (χ1) is 18.6. The van der Waals surface area contributed by atoms with Crippen LogP contribution in [-0.2, 0) is 20.9 Å². The normalized spacial score (nSPS) is 22.8. The smallest absolute Gasteiger partial charge is 0.490 e. The molecule has 7 nitrogen and oxygen atoms in total. The molecule has 0 radical (unpaired) electrons. The van der Waals surface area contributed by atoms with Gasteiger partial charge in [0.15, 0.2) is 0 Å². The minimum Gasteiger partial charge on any atom is -0.497 e. The lowest BCUT2D eigenvalue weighted by Crippen LogP contribution is -2.35. The highest BCUT2D eigenvalue weighted by Gasteiger charge is 2.46. The van der Waals surface area contributed by atoms with Crippen LogP contribution in [0.25, 0.3) is 0 Å². The fraction of sp³-hybridized carbons (Fsp3) is 0.500. The highest BCUT2D eigenvalue weighted by molar-refractivity contribution is 5.77. The number of carbonyl (C=O) groups excluding carboxylic acids is 1. The van der Waals surface area contributed by atoms with Crippen LogP contribution in [0.5, 0.6) is 5.75 Å². The van der Waals surface area contributed by atoms with E-state index in [9.17, 15) is 22.4 Å². The topological polar surface area (TPSA) is 88.1 Å². The molecule has 0 aromatic heterocycles. The molecule has 2 N–H and O–H groups in total. The van der Waals surface area contributed by atoms with Crippen molar-refractivity contribution in [3.63, 3.8) is 0 Å². The van der Waals surface area contributed by atoms with E-state index in [0.717, 1.165) is 39.1 Å². The van der Waals surface area contributed by atoms with Gasteiger partial charge in [-0.25, -0.2) is 9.18 Å². The van der Waals surface area contributed by atoms with Crippen LogP contribution in [0.2, 0.25) is 0 Å². The molecular weight excluding hydrogens is 520 g/mol. The van der Waals surface area contributed by atoms with E-state index in [1.54, 1.807) is 19.2 Å². The van der Waals surface area contributed by atoms with E-state index in [-0.39, 0.29) is 17.8 Å². The molecule has 2 fully saturated rings. The number of amides is 1. The third-order valence-corrected chi connectivity index (χ3v) is 7.62. The average molecular weight is 553 g/mol. The molecule has 1 aliphatic carbocycles. The van der Waals surface area contributed by atoms with Gasteiger partial charge in [-0.2, -0.15) is 13.2 Å². The molecule has 11 heteroatoms. The quantitative estimate of drug-likeness (QED) is 0.507. The second-order valence-corrected chi connectivity index (χ2v) is 10.2. The lowest BCUT2D eigenvalue weighted by Gasteiger charge is -2.25. The molecule has 3 atom stereocenters. The van der Waals surface area contributed by atoms with Crippen molar-refractivity contribution >= 4 is 11.9 Å². The number of alkyl halides is 3. The zero-order chi connectivity index (χ0) is 28.2. The number of benzene rings is 2. The van der Waals surface area contributed by atoms with E-state index < -0.39 is 12.1 Å². The van der Waals surface area contributed by atoms with Crippen LogP contribution in [0.4, 0.5) is 17.6 Å². The van der Waals surface area contributed by atoms with Crippen molar-refractivity contribution < 1.29 is 41.7 Å². The second kappa shape index (κ2) is 12.3. The Kier molecular flexibility index (Phi) is 9.12. The van der Waals surface area contributed by atoms with Gasteiger partial charge in [-0.1, -0.05) is 24.3 Å². The van der Waals surface area contributed by atoms with Crippen molar-refractivity contribution in [2.45, 2.75) is 43.9 Å². The van der Waals surface area contributed by atoms with Gasteiger partial charge in [-0.05, 0) is 48.1 Å². The number of hydrogen-bond acceptors (Lipinski definition) is 5. The molecule has 0 spiro atoms. The van der Waals surface area contributed by atoms with Gasteiger partial charge >= 0.3 is 12.1 Å². The molecule has 5 rings (SSSR count). The van der Waals surface area contributed by atoms with Crippen molar-refractivity contribution in [1.82, 2.24) is 10.2 Å². The Balaban J connectivity index is 0.000000448. The van der Waals surface area contributed by atoms with Crippen LogP contribution in [0, 0.1) is 17.7 Å². The van der Waals surface area contributed by atoms with E-state index in [1.807, 2.05) is 0 Å². The van der Waals surface area contributed by atoms with Crippen molar-refractivity contribution in [3.8, 4) is 5.75 Å². The van der Waals surface area contributed by atoms with Gasteiger partial charge in [0.1, 0.15) is 11.6 Å². The van der Waals surface area contributed by atoms with E-state index in [1.165, 1.54) is 17.2 Å². The molecule has 2 aromatic rings. The van der Waals surface area contributed by atoms with Gasteiger partial charge in [0.2, 0.25) is 5.91 Å². The lowest BCUT2D eigenvalue weighted by molar-refractivity contribution is -0.192. The van der Waals surface area contributed by atoms with Gasteiger partial charge in [-0.3, -0.25) is 9.69 Å². The molecule has 3 aliphatic rings. The number of methoxy groups -OCH3 is 1. The maximum absolute atomic E-state index is 14.4. The summed E-state index contributed by atoms with van der Waals surface area (Å²) >= 11 is 0. The van der Waals surface area contributed by atoms with Crippen molar-refractivity contribution in [1.29, 1.82) is 0 Å². The van der Waals surface area contributed by atoms with Crippen LogP contribution in [0.15, 0.2) is 42.5 Å². The average Bonchev–Trinajstić information content (AvgIpc) is 3.43. The standard InChI is InChI=1S/C26H31FN2O3.C2HF3O2/c1-31-19-6-7-24(27)18(13-19)14-29-15-22-20-4-2-3-5-21(20)26(23(22)16-29)28-25(30)12-17-8-10-32-11-9-17;3-2(4,5)1(6)7/h2-7,13,17,22-23,26H,8-12,14-16H2,1H3,(H,28,30);(H,6,7)/t22-,23-,26+;/m0./s1. The van der Waals surface area contributed by atoms with Crippen molar-refractivity contribution in [3.05, 3.63) is 65.0 Å². The Morgan fingerprint density at radius 3 is 2.41 bits per heavy atom. The number of rotatable bonds is 6. The number of fused-ring (bicyclic) bond motifs is 3. The Morgan fingerprint density at radius 2 is 1.77 bits per heavy atom. The zero-order valence-corrected chi connectivity index (χ0v) is 21.5. The number of carbonyl (C=O) groups is 2. The number of carboxylic acids is 1. The Bertz CT molecular complexity index is 1170. The first kappa shape index (κ1) is 28.8. The van der Waals surface area contributed by atoms with Gasteiger partial charge in [0.05, 0.1) is 13.2 Å². The highest BCUT2D eigenvalue weighted by Crippen LogP contribution is 2.49. The summed E-state index contributed by atoms with van der Waals surface area (Å²) in [4.78, 5) is 24.1. The van der Waals surface area contributed by atoms with E-state index in [0.29, 0.717) is 42.0 Å². The highest BCUT2D eigenvalue weighted by atomic mass is 19.4. The third kappa shape index (κ3) is 7.07. The predicted octanol–water partition coefficient (Wildman–Crippen LogP) is 4.67. The SMILES string of the molecule is COc1ccc(F)c(CN2C[C@@H]3[C@H](NC(=O)CC4CCOCC4)c4ccccc4[C@@H]3C2)c1.O=C(O)C(F)(F)F. The molecular formula is C28H32F4N2O5. The van der Waals surface area contributed by atoms with Crippen LogP contribution >= 0.6 is 0 Å². The molecule has 0 saturated carbocycles.